The first-order chi connectivity index (χ1) is 8.10. The Morgan fingerprint density at radius 1 is 1.53 bits per heavy atom. The van der Waals surface area contributed by atoms with Gasteiger partial charge in [0.25, 0.3) is 0 Å². The molecule has 0 heterocycles. The standard InChI is InChI=1S/C13H17BrN2O/c1-2-13(12(15)17,9-7-8-9)16-11-6-4-3-5-10(11)14/h3-6,9,16H,2,7-8H2,1H3,(H2,15,17). The maximum absolute atomic E-state index is 11.8. The number of nitrogens with two attached hydrogens (primary N) is 1. The van der Waals surface area contributed by atoms with Crippen LogP contribution in [0.5, 0.6) is 0 Å². The third-order valence-electron chi connectivity index (χ3n) is 3.50. The largest absolute Gasteiger partial charge is 0.370 e. The van der Waals surface area contributed by atoms with Crippen LogP contribution in [0.1, 0.15) is 26.2 Å². The van der Waals surface area contributed by atoms with Gasteiger partial charge in [0.1, 0.15) is 5.54 Å². The number of para-hydroxylation sites is 1. The molecule has 1 aliphatic rings. The zero-order valence-electron chi connectivity index (χ0n) is 9.87. The number of carbonyl (C=O) groups is 1. The summed E-state index contributed by atoms with van der Waals surface area (Å²) in [4.78, 5) is 11.8. The van der Waals surface area contributed by atoms with E-state index in [2.05, 4.69) is 21.2 Å². The van der Waals surface area contributed by atoms with Crippen LogP contribution in [0.3, 0.4) is 0 Å². The first-order valence-electron chi connectivity index (χ1n) is 5.92. The lowest BCUT2D eigenvalue weighted by molar-refractivity contribution is -0.123. The summed E-state index contributed by atoms with van der Waals surface area (Å²) in [6.07, 6.45) is 2.87. The van der Waals surface area contributed by atoms with Crippen LogP contribution in [-0.4, -0.2) is 11.4 Å². The summed E-state index contributed by atoms with van der Waals surface area (Å²) >= 11 is 3.48. The molecule has 1 aromatic carbocycles. The predicted octanol–water partition coefficient (Wildman–Crippen LogP) is 2.91. The summed E-state index contributed by atoms with van der Waals surface area (Å²) in [5.41, 5.74) is 5.94. The van der Waals surface area contributed by atoms with E-state index in [9.17, 15) is 4.79 Å². The van der Waals surface area contributed by atoms with E-state index in [0.717, 1.165) is 23.0 Å². The Hall–Kier alpha value is -1.03. The van der Waals surface area contributed by atoms with E-state index < -0.39 is 5.54 Å². The molecular weight excluding hydrogens is 280 g/mol. The van der Waals surface area contributed by atoms with Gasteiger partial charge < -0.3 is 11.1 Å². The van der Waals surface area contributed by atoms with Crippen molar-refractivity contribution in [2.24, 2.45) is 11.7 Å². The number of amides is 1. The minimum absolute atomic E-state index is 0.252. The fourth-order valence-corrected chi connectivity index (χ4v) is 2.68. The van der Waals surface area contributed by atoms with Gasteiger partial charge in [-0.15, -0.1) is 0 Å². The van der Waals surface area contributed by atoms with Gasteiger partial charge in [-0.3, -0.25) is 4.79 Å². The van der Waals surface area contributed by atoms with E-state index in [1.807, 2.05) is 31.2 Å². The number of primary amides is 1. The molecule has 1 saturated carbocycles. The lowest BCUT2D eigenvalue weighted by Crippen LogP contribution is -2.52. The minimum atomic E-state index is -0.593. The molecule has 2 rings (SSSR count). The molecule has 0 aromatic heterocycles. The van der Waals surface area contributed by atoms with Crippen molar-refractivity contribution in [3.8, 4) is 0 Å². The molecule has 1 aliphatic carbocycles. The lowest BCUT2D eigenvalue weighted by Gasteiger charge is -2.32. The summed E-state index contributed by atoms with van der Waals surface area (Å²) in [7, 11) is 0. The summed E-state index contributed by atoms with van der Waals surface area (Å²) in [5, 5.41) is 3.35. The molecule has 3 N–H and O–H groups in total. The first kappa shape index (κ1) is 12.4. The number of halogens is 1. The van der Waals surface area contributed by atoms with E-state index in [4.69, 9.17) is 5.73 Å². The highest BCUT2D eigenvalue weighted by Gasteiger charge is 2.48. The van der Waals surface area contributed by atoms with E-state index in [1.165, 1.54) is 0 Å². The lowest BCUT2D eigenvalue weighted by atomic mass is 9.89. The normalized spacial score (nSPS) is 18.5. The second-order valence-electron chi connectivity index (χ2n) is 4.57. The van der Waals surface area contributed by atoms with Gasteiger partial charge in [0, 0.05) is 10.2 Å². The molecule has 0 radical (unpaired) electrons. The Balaban J connectivity index is 2.30. The Morgan fingerprint density at radius 2 is 2.18 bits per heavy atom. The molecule has 0 aliphatic heterocycles. The number of carbonyl (C=O) groups excluding carboxylic acids is 1. The second kappa shape index (κ2) is 4.69. The maximum Gasteiger partial charge on any atom is 0.243 e. The van der Waals surface area contributed by atoms with Crippen molar-refractivity contribution >= 4 is 27.5 Å². The molecule has 1 aromatic rings. The van der Waals surface area contributed by atoms with Gasteiger partial charge in [0.05, 0.1) is 0 Å². The molecule has 3 nitrogen and oxygen atoms in total. The van der Waals surface area contributed by atoms with Gasteiger partial charge in [-0.2, -0.15) is 0 Å². The van der Waals surface area contributed by atoms with Crippen LogP contribution in [0.4, 0.5) is 5.69 Å². The molecule has 17 heavy (non-hydrogen) atoms. The van der Waals surface area contributed by atoms with Crippen molar-refractivity contribution in [1.29, 1.82) is 0 Å². The van der Waals surface area contributed by atoms with E-state index >= 15 is 0 Å². The van der Waals surface area contributed by atoms with Gasteiger partial charge in [-0.1, -0.05) is 19.1 Å². The summed E-state index contributed by atoms with van der Waals surface area (Å²) in [6.45, 7) is 2.01. The highest BCUT2D eigenvalue weighted by molar-refractivity contribution is 9.10. The van der Waals surface area contributed by atoms with Crippen LogP contribution in [0, 0.1) is 5.92 Å². The number of nitrogens with one attached hydrogen (secondary N) is 1. The number of rotatable bonds is 5. The van der Waals surface area contributed by atoms with Gasteiger partial charge in [-0.25, -0.2) is 0 Å². The monoisotopic (exact) mass is 296 g/mol. The van der Waals surface area contributed by atoms with Gasteiger partial charge >= 0.3 is 0 Å². The van der Waals surface area contributed by atoms with Crippen LogP contribution in [0.15, 0.2) is 28.7 Å². The first-order valence-corrected chi connectivity index (χ1v) is 6.72. The summed E-state index contributed by atoms with van der Waals surface area (Å²) in [5.74, 6) is 0.121. The third-order valence-corrected chi connectivity index (χ3v) is 4.19. The van der Waals surface area contributed by atoms with Crippen LogP contribution in [0.25, 0.3) is 0 Å². The topological polar surface area (TPSA) is 55.1 Å². The minimum Gasteiger partial charge on any atom is -0.370 e. The number of benzene rings is 1. The highest BCUT2D eigenvalue weighted by atomic mass is 79.9. The number of hydrogen-bond donors (Lipinski definition) is 2. The third kappa shape index (κ3) is 2.32. The van der Waals surface area contributed by atoms with Crippen molar-refractivity contribution in [1.82, 2.24) is 0 Å². The van der Waals surface area contributed by atoms with E-state index in [1.54, 1.807) is 0 Å². The Bertz CT molecular complexity index is 431. The zero-order valence-corrected chi connectivity index (χ0v) is 11.5. The smallest absolute Gasteiger partial charge is 0.243 e. The molecule has 1 amide bonds. The Kier molecular flexibility index (Phi) is 3.43. The predicted molar refractivity (Wildman–Crippen MR) is 72.7 cm³/mol. The molecular formula is C13H17BrN2O. The zero-order chi connectivity index (χ0) is 12.5. The van der Waals surface area contributed by atoms with Crippen LogP contribution in [0.2, 0.25) is 0 Å². The van der Waals surface area contributed by atoms with E-state index in [-0.39, 0.29) is 5.91 Å². The molecule has 1 atom stereocenters. The Morgan fingerprint density at radius 3 is 2.65 bits per heavy atom. The molecule has 4 heteroatoms. The van der Waals surface area contributed by atoms with Gasteiger partial charge in [-0.05, 0) is 53.2 Å². The van der Waals surface area contributed by atoms with Crippen molar-refractivity contribution in [3.05, 3.63) is 28.7 Å². The fraction of sp³-hybridized carbons (Fsp3) is 0.462. The molecule has 1 fully saturated rings. The molecule has 0 saturated heterocycles. The fourth-order valence-electron chi connectivity index (χ4n) is 2.30. The molecule has 0 bridgehead atoms. The van der Waals surface area contributed by atoms with Gasteiger partial charge in [0.2, 0.25) is 5.91 Å². The maximum atomic E-state index is 11.8. The van der Waals surface area contributed by atoms with Crippen molar-refractivity contribution in [2.75, 3.05) is 5.32 Å². The van der Waals surface area contributed by atoms with Crippen molar-refractivity contribution in [2.45, 2.75) is 31.7 Å². The van der Waals surface area contributed by atoms with Crippen molar-refractivity contribution in [3.63, 3.8) is 0 Å². The highest BCUT2D eigenvalue weighted by Crippen LogP contribution is 2.44. The number of hydrogen-bond acceptors (Lipinski definition) is 2. The van der Waals surface area contributed by atoms with Crippen LogP contribution >= 0.6 is 15.9 Å². The van der Waals surface area contributed by atoms with Crippen molar-refractivity contribution < 1.29 is 4.79 Å². The van der Waals surface area contributed by atoms with Gasteiger partial charge in [0.15, 0.2) is 0 Å². The average molecular weight is 297 g/mol. The summed E-state index contributed by atoms with van der Waals surface area (Å²) < 4.78 is 0.958. The summed E-state index contributed by atoms with van der Waals surface area (Å²) in [6, 6.07) is 7.81. The van der Waals surface area contributed by atoms with Crippen LogP contribution < -0.4 is 11.1 Å². The molecule has 92 valence electrons. The Labute approximate surface area is 110 Å². The number of anilines is 1. The SMILES string of the molecule is CCC(Nc1ccccc1Br)(C(N)=O)C1CC1. The van der Waals surface area contributed by atoms with E-state index in [0.29, 0.717) is 12.3 Å². The average Bonchev–Trinajstić information content (AvgIpc) is 3.12. The molecule has 1 unspecified atom stereocenters. The van der Waals surface area contributed by atoms with Crippen LogP contribution in [-0.2, 0) is 4.79 Å². The molecule has 0 spiro atoms. The second-order valence-corrected chi connectivity index (χ2v) is 5.42. The quantitative estimate of drug-likeness (QED) is 0.878.